The van der Waals surface area contributed by atoms with Crippen molar-refractivity contribution in [2.45, 2.75) is 19.1 Å². The van der Waals surface area contributed by atoms with E-state index in [4.69, 9.17) is 18.8 Å². The van der Waals surface area contributed by atoms with Crippen LogP contribution in [0.3, 0.4) is 0 Å². The van der Waals surface area contributed by atoms with Gasteiger partial charge in [-0.3, -0.25) is 0 Å². The zero-order valence-corrected chi connectivity index (χ0v) is 9.81. The second-order valence-corrected chi connectivity index (χ2v) is 5.05. The van der Waals surface area contributed by atoms with Crippen molar-refractivity contribution in [2.75, 3.05) is 32.2 Å². The molecule has 2 fully saturated rings. The number of ether oxygens (including phenoxy) is 3. The molecule has 2 aliphatic heterocycles. The van der Waals surface area contributed by atoms with Crippen LogP contribution in [-0.4, -0.2) is 48.9 Å². The first-order valence-corrected chi connectivity index (χ1v) is 6.88. The first kappa shape index (κ1) is 12.6. The molecule has 0 aromatic rings. The first-order valence-electron chi connectivity index (χ1n) is 4.60. The van der Waals surface area contributed by atoms with Crippen LogP contribution in [0.15, 0.2) is 0 Å². The van der Waals surface area contributed by atoms with E-state index in [0.29, 0.717) is 12.2 Å². The minimum absolute atomic E-state index is 0.392. The first-order chi connectivity index (χ1) is 6.86. The van der Waals surface area contributed by atoms with Gasteiger partial charge in [0.1, 0.15) is 12.2 Å². The highest BCUT2D eigenvalue weighted by Gasteiger charge is 2.26. The van der Waals surface area contributed by atoms with E-state index < -0.39 is 0 Å². The van der Waals surface area contributed by atoms with Gasteiger partial charge in [-0.1, -0.05) is 17.7 Å². The van der Waals surface area contributed by atoms with E-state index in [2.05, 4.69) is 0 Å². The molecule has 0 saturated carbocycles. The molecule has 2 atom stereocenters. The second kappa shape index (κ2) is 7.78. The predicted octanol–water partition coefficient (Wildman–Crippen LogP) is 1.66. The van der Waals surface area contributed by atoms with Gasteiger partial charge in [0.2, 0.25) is 0 Å². The van der Waals surface area contributed by atoms with Crippen LogP contribution in [0.2, 0.25) is 0 Å². The Kier molecular flexibility index (Phi) is 7.01. The van der Waals surface area contributed by atoms with Crippen LogP contribution in [0.1, 0.15) is 6.92 Å². The highest BCUT2D eigenvalue weighted by atomic mass is 33.1. The van der Waals surface area contributed by atoms with Crippen LogP contribution in [0, 0.1) is 0 Å². The zero-order chi connectivity index (χ0) is 10.2. The predicted molar refractivity (Wildman–Crippen MR) is 58.7 cm³/mol. The maximum absolute atomic E-state index is 7.95. The van der Waals surface area contributed by atoms with Crippen molar-refractivity contribution in [3.8, 4) is 0 Å². The number of hydrogen-bond donors (Lipinski definition) is 1. The van der Waals surface area contributed by atoms with Gasteiger partial charge in [-0.05, 0) is 0 Å². The third-order valence-corrected chi connectivity index (χ3v) is 2.95. The van der Waals surface area contributed by atoms with Crippen molar-refractivity contribution >= 4 is 21.9 Å². The van der Waals surface area contributed by atoms with Crippen molar-refractivity contribution in [3.05, 3.63) is 0 Å². The SMILES string of the molecule is C(OCC1CO1)C1CO1.CCSSO. The summed E-state index contributed by atoms with van der Waals surface area (Å²) in [6, 6.07) is 0. The smallest absolute Gasteiger partial charge is 0.104 e. The highest BCUT2D eigenvalue weighted by Crippen LogP contribution is 2.13. The molecular weight excluding hydrogens is 224 g/mol. The Morgan fingerprint density at radius 2 is 1.79 bits per heavy atom. The minimum atomic E-state index is 0.392. The quantitative estimate of drug-likeness (QED) is 0.433. The van der Waals surface area contributed by atoms with Crippen LogP contribution in [0.5, 0.6) is 0 Å². The molecule has 1 N–H and O–H groups in total. The van der Waals surface area contributed by atoms with Gasteiger partial charge >= 0.3 is 0 Å². The lowest BCUT2D eigenvalue weighted by Crippen LogP contribution is -2.06. The molecule has 14 heavy (non-hydrogen) atoms. The molecule has 2 aliphatic rings. The van der Waals surface area contributed by atoms with E-state index in [-0.39, 0.29) is 0 Å². The molecule has 6 heteroatoms. The van der Waals surface area contributed by atoms with Gasteiger partial charge in [0.05, 0.1) is 37.5 Å². The van der Waals surface area contributed by atoms with E-state index in [1.807, 2.05) is 6.92 Å². The third kappa shape index (κ3) is 7.90. The molecule has 0 radical (unpaired) electrons. The molecular formula is C8H16O4S2. The summed E-state index contributed by atoms with van der Waals surface area (Å²) in [6.45, 7) is 5.25. The molecule has 2 saturated heterocycles. The summed E-state index contributed by atoms with van der Waals surface area (Å²) >= 11 is 0.818. The van der Waals surface area contributed by atoms with Crippen LogP contribution in [0.4, 0.5) is 0 Å². The van der Waals surface area contributed by atoms with E-state index in [1.54, 1.807) is 0 Å². The summed E-state index contributed by atoms with van der Waals surface area (Å²) in [6.07, 6.45) is 0.785. The van der Waals surface area contributed by atoms with Crippen molar-refractivity contribution in [1.29, 1.82) is 0 Å². The van der Waals surface area contributed by atoms with Crippen molar-refractivity contribution < 1.29 is 18.8 Å². The second-order valence-electron chi connectivity index (χ2n) is 2.93. The Morgan fingerprint density at radius 3 is 2.00 bits per heavy atom. The van der Waals surface area contributed by atoms with Crippen LogP contribution in [-0.2, 0) is 14.2 Å². The Morgan fingerprint density at radius 1 is 1.29 bits per heavy atom. The van der Waals surface area contributed by atoms with E-state index in [1.165, 1.54) is 10.8 Å². The van der Waals surface area contributed by atoms with Gasteiger partial charge in [-0.15, -0.1) is 0 Å². The van der Waals surface area contributed by atoms with Crippen LogP contribution < -0.4 is 0 Å². The number of epoxide rings is 2. The minimum Gasteiger partial charge on any atom is -0.376 e. The summed E-state index contributed by atoms with van der Waals surface area (Å²) < 4.78 is 23.1. The number of hydrogen-bond acceptors (Lipinski definition) is 6. The van der Waals surface area contributed by atoms with Crippen molar-refractivity contribution in [1.82, 2.24) is 0 Å². The van der Waals surface area contributed by atoms with Gasteiger partial charge in [-0.25, -0.2) is 0 Å². The monoisotopic (exact) mass is 240 g/mol. The standard InChI is InChI=1S/C6H10O3.C2H6OS2/c1(5-3-8-5)7-2-6-4-9-6;1-2-4-5-3/h5-6H,1-4H2;3H,2H2,1H3. The van der Waals surface area contributed by atoms with Gasteiger partial charge in [0.15, 0.2) is 0 Å². The summed E-state index contributed by atoms with van der Waals surface area (Å²) in [5.41, 5.74) is 0. The maximum Gasteiger partial charge on any atom is 0.104 e. The highest BCUT2D eigenvalue weighted by molar-refractivity contribution is 8.74. The van der Waals surface area contributed by atoms with Crippen molar-refractivity contribution in [2.24, 2.45) is 0 Å². The Labute approximate surface area is 92.3 Å². The Hall–Kier alpha value is 0.540. The molecule has 0 aromatic heterocycles. The average Bonchev–Trinajstić information content (AvgIpc) is 3.01. The van der Waals surface area contributed by atoms with E-state index in [0.717, 1.165) is 43.3 Å². The summed E-state index contributed by atoms with van der Waals surface area (Å²) in [4.78, 5) is 0. The molecule has 0 aromatic carbocycles. The molecule has 2 rings (SSSR count). The van der Waals surface area contributed by atoms with Gasteiger partial charge in [0, 0.05) is 5.75 Å². The average molecular weight is 240 g/mol. The molecule has 0 bridgehead atoms. The topological polar surface area (TPSA) is 54.5 Å². The molecule has 4 nitrogen and oxygen atoms in total. The van der Waals surface area contributed by atoms with E-state index >= 15 is 0 Å². The lowest BCUT2D eigenvalue weighted by Gasteiger charge is -1.95. The summed E-state index contributed by atoms with van der Waals surface area (Å²) in [7, 11) is 1.44. The summed E-state index contributed by atoms with van der Waals surface area (Å²) in [5.74, 6) is 0.973. The zero-order valence-electron chi connectivity index (χ0n) is 8.18. The van der Waals surface area contributed by atoms with Gasteiger partial charge in [-0.2, -0.15) is 0 Å². The van der Waals surface area contributed by atoms with Crippen molar-refractivity contribution in [3.63, 3.8) is 0 Å². The van der Waals surface area contributed by atoms with E-state index in [9.17, 15) is 0 Å². The lowest BCUT2D eigenvalue weighted by molar-refractivity contribution is 0.102. The fourth-order valence-electron chi connectivity index (χ4n) is 0.712. The lowest BCUT2D eigenvalue weighted by atomic mass is 10.5. The fourth-order valence-corrected chi connectivity index (χ4v) is 1.13. The molecule has 2 unspecified atom stereocenters. The Bertz CT molecular complexity index is 125. The maximum atomic E-state index is 7.95. The number of rotatable bonds is 6. The molecule has 0 spiro atoms. The molecule has 84 valence electrons. The normalized spacial score (nSPS) is 27.9. The van der Waals surface area contributed by atoms with Crippen LogP contribution >= 0.6 is 21.9 Å². The fraction of sp³-hybridized carbons (Fsp3) is 1.00. The largest absolute Gasteiger partial charge is 0.376 e. The van der Waals surface area contributed by atoms with Gasteiger partial charge < -0.3 is 18.8 Å². The molecule has 0 amide bonds. The van der Waals surface area contributed by atoms with Gasteiger partial charge in [0.25, 0.3) is 0 Å². The summed E-state index contributed by atoms with van der Waals surface area (Å²) in [5, 5.41) is 0. The van der Waals surface area contributed by atoms with Crippen LogP contribution in [0.25, 0.3) is 0 Å². The molecule has 0 aliphatic carbocycles. The third-order valence-electron chi connectivity index (χ3n) is 1.58. The molecule has 2 heterocycles. The Balaban J connectivity index is 0.000000171.